The van der Waals surface area contributed by atoms with Crippen molar-refractivity contribution >= 4 is 10.0 Å². The molecule has 1 aromatic heterocycles. The molecule has 1 atom stereocenters. The third-order valence-corrected chi connectivity index (χ3v) is 4.89. The first kappa shape index (κ1) is 12.5. The Bertz CT molecular complexity index is 483. The molecule has 0 N–H and O–H groups in total. The van der Waals surface area contributed by atoms with E-state index in [-0.39, 0.29) is 11.8 Å². The maximum Gasteiger partial charge on any atom is 0.245 e. The molecule has 1 fully saturated rings. The average molecular weight is 259 g/mol. The van der Waals surface area contributed by atoms with Gasteiger partial charge in [0.2, 0.25) is 15.9 Å². The molecule has 1 aliphatic heterocycles. The minimum Gasteiger partial charge on any atom is -0.338 e. The molecule has 0 aliphatic carbocycles. The second kappa shape index (κ2) is 4.73. The molecular weight excluding hydrogens is 242 g/mol. The summed E-state index contributed by atoms with van der Waals surface area (Å²) in [6.07, 6.45) is 2.63. The Labute approximate surface area is 101 Å². The number of sulfonamides is 1. The SMILES string of the molecule is CCS(=O)(=O)N1CCCC[C@H]1c1nc(C)no1. The van der Waals surface area contributed by atoms with E-state index in [9.17, 15) is 8.42 Å². The van der Waals surface area contributed by atoms with Crippen LogP contribution in [0.3, 0.4) is 0 Å². The van der Waals surface area contributed by atoms with Crippen molar-refractivity contribution < 1.29 is 12.9 Å². The highest BCUT2D eigenvalue weighted by Crippen LogP contribution is 2.32. The Morgan fingerprint density at radius 2 is 2.24 bits per heavy atom. The van der Waals surface area contributed by atoms with Crippen molar-refractivity contribution in [2.24, 2.45) is 0 Å². The van der Waals surface area contributed by atoms with Crippen LogP contribution in [-0.4, -0.2) is 35.2 Å². The monoisotopic (exact) mass is 259 g/mol. The zero-order chi connectivity index (χ0) is 12.5. The van der Waals surface area contributed by atoms with E-state index >= 15 is 0 Å². The van der Waals surface area contributed by atoms with Crippen LogP contribution in [0, 0.1) is 6.92 Å². The Morgan fingerprint density at radius 1 is 1.47 bits per heavy atom. The van der Waals surface area contributed by atoms with Gasteiger partial charge in [0.15, 0.2) is 5.82 Å². The summed E-state index contributed by atoms with van der Waals surface area (Å²) < 4.78 is 30.6. The molecule has 0 spiro atoms. The maximum absolute atomic E-state index is 12.0. The number of hydrogen-bond acceptors (Lipinski definition) is 5. The topological polar surface area (TPSA) is 76.3 Å². The van der Waals surface area contributed by atoms with Gasteiger partial charge in [-0.05, 0) is 26.7 Å². The largest absolute Gasteiger partial charge is 0.338 e. The number of aryl methyl sites for hydroxylation is 1. The van der Waals surface area contributed by atoms with E-state index in [1.165, 1.54) is 4.31 Å². The summed E-state index contributed by atoms with van der Waals surface area (Å²) >= 11 is 0. The molecule has 0 unspecified atom stereocenters. The first-order valence-corrected chi connectivity index (χ1v) is 7.45. The Kier molecular flexibility index (Phi) is 3.48. The van der Waals surface area contributed by atoms with Crippen LogP contribution in [0.1, 0.15) is 43.9 Å². The fourth-order valence-electron chi connectivity index (χ4n) is 2.10. The van der Waals surface area contributed by atoms with Crippen LogP contribution < -0.4 is 0 Å². The highest BCUT2D eigenvalue weighted by Gasteiger charge is 2.35. The zero-order valence-electron chi connectivity index (χ0n) is 10.1. The van der Waals surface area contributed by atoms with Gasteiger partial charge in [0, 0.05) is 6.54 Å². The van der Waals surface area contributed by atoms with Gasteiger partial charge in [-0.1, -0.05) is 11.6 Å². The van der Waals surface area contributed by atoms with E-state index in [2.05, 4.69) is 10.1 Å². The standard InChI is InChI=1S/C10H17N3O3S/c1-3-17(14,15)13-7-5-4-6-9(13)10-11-8(2)12-16-10/h9H,3-7H2,1-2H3/t9-/m0/s1. The van der Waals surface area contributed by atoms with Gasteiger partial charge in [-0.25, -0.2) is 8.42 Å². The van der Waals surface area contributed by atoms with Gasteiger partial charge in [-0.3, -0.25) is 0 Å². The lowest BCUT2D eigenvalue weighted by Gasteiger charge is -2.31. The first-order valence-electron chi connectivity index (χ1n) is 5.84. The molecule has 1 aromatic rings. The lowest BCUT2D eigenvalue weighted by molar-refractivity contribution is 0.204. The van der Waals surface area contributed by atoms with Crippen molar-refractivity contribution in [3.8, 4) is 0 Å². The second-order valence-corrected chi connectivity index (χ2v) is 6.41. The summed E-state index contributed by atoms with van der Waals surface area (Å²) in [5, 5.41) is 3.73. The van der Waals surface area contributed by atoms with Gasteiger partial charge < -0.3 is 4.52 Å². The third-order valence-electron chi connectivity index (χ3n) is 3.00. The smallest absolute Gasteiger partial charge is 0.245 e. The molecule has 0 aromatic carbocycles. The zero-order valence-corrected chi connectivity index (χ0v) is 10.9. The van der Waals surface area contributed by atoms with Crippen molar-refractivity contribution in [3.05, 3.63) is 11.7 Å². The molecule has 0 bridgehead atoms. The molecule has 17 heavy (non-hydrogen) atoms. The van der Waals surface area contributed by atoms with E-state index in [1.54, 1.807) is 13.8 Å². The van der Waals surface area contributed by atoms with Crippen molar-refractivity contribution in [1.82, 2.24) is 14.4 Å². The molecule has 1 saturated heterocycles. The van der Waals surface area contributed by atoms with Gasteiger partial charge in [0.25, 0.3) is 0 Å². The minimum atomic E-state index is -3.20. The van der Waals surface area contributed by atoms with Crippen molar-refractivity contribution in [2.45, 2.75) is 39.2 Å². The summed E-state index contributed by atoms with van der Waals surface area (Å²) in [5.74, 6) is 1.06. The van der Waals surface area contributed by atoms with E-state index in [1.807, 2.05) is 0 Å². The van der Waals surface area contributed by atoms with Gasteiger partial charge in [0.05, 0.1) is 5.75 Å². The molecule has 0 saturated carbocycles. The van der Waals surface area contributed by atoms with E-state index in [0.29, 0.717) is 18.3 Å². The molecule has 7 heteroatoms. The molecule has 0 radical (unpaired) electrons. The lowest BCUT2D eigenvalue weighted by atomic mass is 10.1. The number of aromatic nitrogens is 2. The molecule has 96 valence electrons. The van der Waals surface area contributed by atoms with Crippen LogP contribution in [0.5, 0.6) is 0 Å². The van der Waals surface area contributed by atoms with Gasteiger partial charge in [-0.15, -0.1) is 0 Å². The number of piperidine rings is 1. The fourth-order valence-corrected chi connectivity index (χ4v) is 3.42. The average Bonchev–Trinajstić information content (AvgIpc) is 2.76. The number of hydrogen-bond donors (Lipinski definition) is 0. The van der Waals surface area contributed by atoms with Gasteiger partial charge >= 0.3 is 0 Å². The van der Waals surface area contributed by atoms with E-state index < -0.39 is 10.0 Å². The molecule has 0 amide bonds. The van der Waals surface area contributed by atoms with Crippen LogP contribution in [0.25, 0.3) is 0 Å². The van der Waals surface area contributed by atoms with Crippen LogP contribution in [-0.2, 0) is 10.0 Å². The van der Waals surface area contributed by atoms with E-state index in [0.717, 1.165) is 19.3 Å². The number of rotatable bonds is 3. The summed E-state index contributed by atoms with van der Waals surface area (Å²) in [4.78, 5) is 4.15. The minimum absolute atomic E-state index is 0.108. The summed E-state index contributed by atoms with van der Waals surface area (Å²) in [6.45, 7) is 3.93. The highest BCUT2D eigenvalue weighted by molar-refractivity contribution is 7.89. The Morgan fingerprint density at radius 3 is 2.82 bits per heavy atom. The second-order valence-electron chi connectivity index (χ2n) is 4.20. The molecule has 2 rings (SSSR count). The fraction of sp³-hybridized carbons (Fsp3) is 0.800. The predicted molar refractivity (Wildman–Crippen MR) is 61.8 cm³/mol. The Hall–Kier alpha value is -0.950. The maximum atomic E-state index is 12.0. The Balaban J connectivity index is 2.30. The molecule has 1 aliphatic rings. The highest BCUT2D eigenvalue weighted by atomic mass is 32.2. The van der Waals surface area contributed by atoms with Gasteiger partial charge in [0.1, 0.15) is 6.04 Å². The summed E-state index contributed by atoms with van der Waals surface area (Å²) in [5.41, 5.74) is 0. The third kappa shape index (κ3) is 2.50. The van der Waals surface area contributed by atoms with Crippen molar-refractivity contribution in [2.75, 3.05) is 12.3 Å². The molecule has 2 heterocycles. The van der Waals surface area contributed by atoms with Crippen molar-refractivity contribution in [3.63, 3.8) is 0 Å². The number of nitrogens with zero attached hydrogens (tertiary/aromatic N) is 3. The summed E-state index contributed by atoms with van der Waals surface area (Å²) in [7, 11) is -3.20. The van der Waals surface area contributed by atoms with Crippen molar-refractivity contribution in [1.29, 1.82) is 0 Å². The normalized spacial score (nSPS) is 22.8. The van der Waals surface area contributed by atoms with Crippen LogP contribution >= 0.6 is 0 Å². The first-order chi connectivity index (χ1) is 8.04. The predicted octanol–water partition coefficient (Wildman–Crippen LogP) is 1.25. The van der Waals surface area contributed by atoms with Gasteiger partial charge in [-0.2, -0.15) is 9.29 Å². The molecular formula is C10H17N3O3S. The van der Waals surface area contributed by atoms with Crippen LogP contribution in [0.4, 0.5) is 0 Å². The molecule has 6 nitrogen and oxygen atoms in total. The lowest BCUT2D eigenvalue weighted by Crippen LogP contribution is -2.39. The quantitative estimate of drug-likeness (QED) is 0.816. The summed E-state index contributed by atoms with van der Waals surface area (Å²) in [6, 6.07) is -0.282. The van der Waals surface area contributed by atoms with Crippen LogP contribution in [0.15, 0.2) is 4.52 Å². The van der Waals surface area contributed by atoms with E-state index in [4.69, 9.17) is 4.52 Å². The van der Waals surface area contributed by atoms with Crippen LogP contribution in [0.2, 0.25) is 0 Å².